The van der Waals surface area contributed by atoms with E-state index in [2.05, 4.69) is 5.32 Å². The number of carbonyl (C=O) groups excluding carboxylic acids is 2. The molecule has 4 rings (SSSR count). The molecule has 2 N–H and O–H groups in total. The lowest BCUT2D eigenvalue weighted by molar-refractivity contribution is -0.142. The van der Waals surface area contributed by atoms with Gasteiger partial charge in [0, 0.05) is 18.3 Å². The number of aromatic nitrogens is 1. The molecule has 1 aliphatic carbocycles. The number of anilines is 1. The highest BCUT2D eigenvalue weighted by Gasteiger charge is 2.28. The largest absolute Gasteiger partial charge is 0.481 e. The number of likely N-dealkylation sites (N-methyl/N-ethyl adjacent to an activating group) is 1. The fourth-order valence-corrected chi connectivity index (χ4v) is 5.35. The lowest BCUT2D eigenvalue weighted by Crippen LogP contribution is -2.40. The highest BCUT2D eigenvalue weighted by atomic mass is 32.1. The van der Waals surface area contributed by atoms with Crippen molar-refractivity contribution in [3.05, 3.63) is 53.0 Å². The van der Waals surface area contributed by atoms with Gasteiger partial charge in [-0.15, -0.1) is 11.3 Å². The number of nitrogens with zero attached hydrogens (tertiary/aromatic N) is 2. The van der Waals surface area contributed by atoms with Gasteiger partial charge in [0.1, 0.15) is 12.2 Å². The fraction of sp³-hybridized carbons (Fsp3) is 0.400. The summed E-state index contributed by atoms with van der Waals surface area (Å²) in [6.07, 6.45) is 2.43. The van der Waals surface area contributed by atoms with Gasteiger partial charge in [-0.2, -0.15) is 0 Å². The molecule has 0 atom stereocenters. The van der Waals surface area contributed by atoms with Crippen LogP contribution in [0.4, 0.5) is 5.69 Å². The summed E-state index contributed by atoms with van der Waals surface area (Å²) < 4.78 is 2.75. The summed E-state index contributed by atoms with van der Waals surface area (Å²) in [5.74, 6) is -1.39. The van der Waals surface area contributed by atoms with Crippen molar-refractivity contribution < 1.29 is 19.5 Å². The van der Waals surface area contributed by atoms with E-state index >= 15 is 0 Å². The van der Waals surface area contributed by atoms with Gasteiger partial charge >= 0.3 is 5.97 Å². The smallest absolute Gasteiger partial charge is 0.306 e. The summed E-state index contributed by atoms with van der Waals surface area (Å²) in [5, 5.41) is 14.2. The second kappa shape index (κ2) is 9.79. The van der Waals surface area contributed by atoms with E-state index in [4.69, 9.17) is 0 Å². The van der Waals surface area contributed by atoms with Crippen molar-refractivity contribution in [1.29, 1.82) is 0 Å². The maximum absolute atomic E-state index is 13.3. The summed E-state index contributed by atoms with van der Waals surface area (Å²) in [4.78, 5) is 39.4. The third kappa shape index (κ3) is 4.95. The zero-order valence-corrected chi connectivity index (χ0v) is 19.7. The molecule has 1 aliphatic rings. The molecule has 8 heteroatoms. The number of hydrogen-bond acceptors (Lipinski definition) is 4. The molecular formula is C25H29N3O4S. The SMILES string of the molecule is CCN(C(=O)Cn1c(C(=O)NC2CCC(C(=O)O)CC2)cc2sccc21)c1ccc(C)cc1. The van der Waals surface area contributed by atoms with Gasteiger partial charge in [0.15, 0.2) is 0 Å². The fourth-order valence-electron chi connectivity index (χ4n) is 4.53. The van der Waals surface area contributed by atoms with Gasteiger partial charge in [0.2, 0.25) is 5.91 Å². The van der Waals surface area contributed by atoms with Crippen LogP contribution in [0.2, 0.25) is 0 Å². The molecular weight excluding hydrogens is 438 g/mol. The first-order valence-corrected chi connectivity index (χ1v) is 12.2. The Hall–Kier alpha value is -3.13. The molecule has 174 valence electrons. The van der Waals surface area contributed by atoms with Crippen molar-refractivity contribution in [2.24, 2.45) is 5.92 Å². The Kier molecular flexibility index (Phi) is 6.83. The number of thiophene rings is 1. The Labute approximate surface area is 197 Å². The van der Waals surface area contributed by atoms with Crippen molar-refractivity contribution in [2.75, 3.05) is 11.4 Å². The summed E-state index contributed by atoms with van der Waals surface area (Å²) in [5.41, 5.74) is 3.30. The van der Waals surface area contributed by atoms with E-state index in [-0.39, 0.29) is 30.3 Å². The second-order valence-corrected chi connectivity index (χ2v) is 9.57. The monoisotopic (exact) mass is 467 g/mol. The number of amides is 2. The van der Waals surface area contributed by atoms with Crippen LogP contribution in [0.5, 0.6) is 0 Å². The van der Waals surface area contributed by atoms with Crippen molar-refractivity contribution in [3.63, 3.8) is 0 Å². The molecule has 2 heterocycles. The number of nitrogens with one attached hydrogen (secondary N) is 1. The van der Waals surface area contributed by atoms with Gasteiger partial charge in [0.05, 0.1) is 16.1 Å². The van der Waals surface area contributed by atoms with Crippen LogP contribution in [-0.2, 0) is 16.1 Å². The Morgan fingerprint density at radius 2 is 1.82 bits per heavy atom. The minimum atomic E-state index is -0.763. The zero-order valence-electron chi connectivity index (χ0n) is 18.9. The summed E-state index contributed by atoms with van der Waals surface area (Å²) >= 11 is 1.54. The van der Waals surface area contributed by atoms with Crippen LogP contribution in [0.15, 0.2) is 41.8 Å². The van der Waals surface area contributed by atoms with Crippen molar-refractivity contribution in [3.8, 4) is 0 Å². The van der Waals surface area contributed by atoms with Gasteiger partial charge in [-0.25, -0.2) is 0 Å². The average molecular weight is 468 g/mol. The Balaban J connectivity index is 1.52. The molecule has 0 bridgehead atoms. The molecule has 1 saturated carbocycles. The minimum Gasteiger partial charge on any atom is -0.481 e. The van der Waals surface area contributed by atoms with Crippen molar-refractivity contribution in [1.82, 2.24) is 9.88 Å². The topological polar surface area (TPSA) is 91.6 Å². The van der Waals surface area contributed by atoms with Gasteiger partial charge in [0.25, 0.3) is 5.91 Å². The highest BCUT2D eigenvalue weighted by molar-refractivity contribution is 7.17. The number of carbonyl (C=O) groups is 3. The molecule has 0 unspecified atom stereocenters. The third-order valence-corrected chi connectivity index (χ3v) is 7.28. The second-order valence-electron chi connectivity index (χ2n) is 8.62. The van der Waals surface area contributed by atoms with Gasteiger partial charge in [-0.3, -0.25) is 14.4 Å². The predicted octanol–water partition coefficient (Wildman–Crippen LogP) is 4.44. The zero-order chi connectivity index (χ0) is 23.5. The number of aliphatic carboxylic acids is 1. The number of rotatable bonds is 7. The molecule has 1 aromatic carbocycles. The van der Waals surface area contributed by atoms with E-state index in [0.29, 0.717) is 37.9 Å². The molecule has 7 nitrogen and oxygen atoms in total. The number of carboxylic acid groups (broad SMARTS) is 1. The van der Waals surface area contributed by atoms with E-state index in [1.165, 1.54) is 11.3 Å². The molecule has 3 aromatic rings. The quantitative estimate of drug-likeness (QED) is 0.537. The van der Waals surface area contributed by atoms with Crippen LogP contribution in [-0.4, -0.2) is 40.0 Å². The van der Waals surface area contributed by atoms with Gasteiger partial charge in [-0.05, 0) is 69.2 Å². The van der Waals surface area contributed by atoms with E-state index in [1.54, 1.807) is 9.47 Å². The molecule has 0 saturated heterocycles. The van der Waals surface area contributed by atoms with Crippen LogP contribution in [0, 0.1) is 12.8 Å². The van der Waals surface area contributed by atoms with E-state index < -0.39 is 5.97 Å². The molecule has 0 spiro atoms. The molecule has 0 radical (unpaired) electrons. The van der Waals surface area contributed by atoms with Crippen LogP contribution >= 0.6 is 11.3 Å². The van der Waals surface area contributed by atoms with Crippen LogP contribution in [0.25, 0.3) is 10.2 Å². The molecule has 2 aromatic heterocycles. The number of hydrogen-bond donors (Lipinski definition) is 2. The van der Waals surface area contributed by atoms with Gasteiger partial charge < -0.3 is 19.9 Å². The van der Waals surface area contributed by atoms with E-state index in [1.807, 2.05) is 55.6 Å². The van der Waals surface area contributed by atoms with Gasteiger partial charge in [-0.1, -0.05) is 17.7 Å². The van der Waals surface area contributed by atoms with Crippen LogP contribution < -0.4 is 10.2 Å². The molecule has 1 fully saturated rings. The summed E-state index contributed by atoms with van der Waals surface area (Å²) in [7, 11) is 0. The maximum atomic E-state index is 13.3. The third-order valence-electron chi connectivity index (χ3n) is 6.42. The summed E-state index contributed by atoms with van der Waals surface area (Å²) in [6, 6.07) is 11.6. The summed E-state index contributed by atoms with van der Waals surface area (Å²) in [6.45, 7) is 4.55. The lowest BCUT2D eigenvalue weighted by Gasteiger charge is -2.27. The highest BCUT2D eigenvalue weighted by Crippen LogP contribution is 2.28. The van der Waals surface area contributed by atoms with Crippen molar-refractivity contribution in [2.45, 2.75) is 52.1 Å². The number of benzene rings is 1. The van der Waals surface area contributed by atoms with Crippen LogP contribution in [0.1, 0.15) is 48.7 Å². The van der Waals surface area contributed by atoms with Crippen molar-refractivity contribution >= 4 is 45.0 Å². The molecule has 0 aliphatic heterocycles. The first kappa shape index (κ1) is 23.0. The number of fused-ring (bicyclic) bond motifs is 1. The Morgan fingerprint density at radius 1 is 1.12 bits per heavy atom. The lowest BCUT2D eigenvalue weighted by atomic mass is 9.86. The Morgan fingerprint density at radius 3 is 2.45 bits per heavy atom. The standard InChI is InChI=1S/C25H29N3O4S/c1-3-27(19-10-4-16(2)5-11-19)23(29)15-28-20-12-13-33-22(20)14-21(28)24(30)26-18-8-6-17(7-9-18)25(31)32/h4-5,10-14,17-18H,3,6-9,15H2,1-2H3,(H,26,30)(H,31,32). The maximum Gasteiger partial charge on any atom is 0.306 e. The minimum absolute atomic E-state index is 0.0510. The number of carboxylic acids is 1. The molecule has 2 amide bonds. The van der Waals surface area contributed by atoms with E-state index in [9.17, 15) is 19.5 Å². The van der Waals surface area contributed by atoms with E-state index in [0.717, 1.165) is 21.5 Å². The predicted molar refractivity (Wildman–Crippen MR) is 130 cm³/mol. The molecule has 33 heavy (non-hydrogen) atoms. The first-order valence-electron chi connectivity index (χ1n) is 11.3. The average Bonchev–Trinajstić information content (AvgIpc) is 3.38. The first-order chi connectivity index (χ1) is 15.9. The normalized spacial score (nSPS) is 18.2. The number of aryl methyl sites for hydroxylation is 1. The van der Waals surface area contributed by atoms with Crippen LogP contribution in [0.3, 0.4) is 0 Å². The Bertz CT molecular complexity index is 1160.